The van der Waals surface area contributed by atoms with Gasteiger partial charge in [0, 0.05) is 21.2 Å². The second kappa shape index (κ2) is 7.34. The maximum Gasteiger partial charge on any atom is 0.193 e. The highest BCUT2D eigenvalue weighted by atomic mass is 35.5. The van der Waals surface area contributed by atoms with E-state index < -0.39 is 0 Å². The Bertz CT molecular complexity index is 1590. The van der Waals surface area contributed by atoms with E-state index in [1.54, 1.807) is 0 Å². The first-order chi connectivity index (χ1) is 15.6. The molecule has 0 atom stereocenters. The SMILES string of the molecule is O=C(c1ccc2c(ccc3cc(Cl)ccc32)c1)c1ccc2c(ccc3cc(Cl)ccc32)c1. The molecule has 152 valence electrons. The van der Waals surface area contributed by atoms with Crippen LogP contribution in [0.3, 0.4) is 0 Å². The monoisotopic (exact) mass is 450 g/mol. The van der Waals surface area contributed by atoms with Crippen LogP contribution in [-0.2, 0) is 0 Å². The highest BCUT2D eigenvalue weighted by molar-refractivity contribution is 6.32. The van der Waals surface area contributed by atoms with Crippen LogP contribution in [0, 0.1) is 0 Å². The average Bonchev–Trinajstić information content (AvgIpc) is 2.82. The van der Waals surface area contributed by atoms with E-state index in [9.17, 15) is 4.79 Å². The maximum absolute atomic E-state index is 13.3. The van der Waals surface area contributed by atoms with Crippen LogP contribution < -0.4 is 0 Å². The minimum absolute atomic E-state index is 0.0150. The lowest BCUT2D eigenvalue weighted by molar-refractivity contribution is 0.103. The lowest BCUT2D eigenvalue weighted by Crippen LogP contribution is -2.01. The van der Waals surface area contributed by atoms with Crippen molar-refractivity contribution in [3.63, 3.8) is 0 Å². The highest BCUT2D eigenvalue weighted by Gasteiger charge is 2.12. The van der Waals surface area contributed by atoms with Gasteiger partial charge in [-0.3, -0.25) is 4.79 Å². The Morgan fingerprint density at radius 1 is 0.438 bits per heavy atom. The van der Waals surface area contributed by atoms with Crippen LogP contribution in [0.4, 0.5) is 0 Å². The van der Waals surface area contributed by atoms with E-state index >= 15 is 0 Å². The molecule has 3 heteroatoms. The summed E-state index contributed by atoms with van der Waals surface area (Å²) in [5.74, 6) is 0.0150. The van der Waals surface area contributed by atoms with E-state index in [1.807, 2.05) is 97.1 Å². The molecule has 0 aliphatic heterocycles. The number of benzene rings is 6. The van der Waals surface area contributed by atoms with E-state index in [2.05, 4.69) is 0 Å². The van der Waals surface area contributed by atoms with Gasteiger partial charge in [-0.25, -0.2) is 0 Å². The van der Waals surface area contributed by atoms with Crippen molar-refractivity contribution >= 4 is 72.1 Å². The summed E-state index contributed by atoms with van der Waals surface area (Å²) in [6.07, 6.45) is 0. The Kier molecular flexibility index (Phi) is 4.43. The summed E-state index contributed by atoms with van der Waals surface area (Å²) in [6.45, 7) is 0. The average molecular weight is 451 g/mol. The third-order valence-electron chi connectivity index (χ3n) is 6.12. The number of rotatable bonds is 2. The molecule has 32 heavy (non-hydrogen) atoms. The summed E-state index contributed by atoms with van der Waals surface area (Å²) < 4.78 is 0. The minimum atomic E-state index is 0.0150. The van der Waals surface area contributed by atoms with Crippen LogP contribution in [0.1, 0.15) is 15.9 Å². The molecule has 0 aliphatic carbocycles. The molecule has 0 heterocycles. The highest BCUT2D eigenvalue weighted by Crippen LogP contribution is 2.31. The van der Waals surface area contributed by atoms with E-state index in [4.69, 9.17) is 23.2 Å². The summed E-state index contributed by atoms with van der Waals surface area (Å²) in [6, 6.07) is 31.8. The molecule has 0 unspecified atom stereocenters. The third kappa shape index (κ3) is 3.14. The fourth-order valence-corrected chi connectivity index (χ4v) is 4.89. The molecule has 0 saturated carbocycles. The second-order valence-electron chi connectivity index (χ2n) is 8.06. The van der Waals surface area contributed by atoms with Crippen LogP contribution in [0.5, 0.6) is 0 Å². The largest absolute Gasteiger partial charge is 0.289 e. The fraction of sp³-hybridized carbons (Fsp3) is 0. The van der Waals surface area contributed by atoms with Crippen molar-refractivity contribution in [2.45, 2.75) is 0 Å². The van der Waals surface area contributed by atoms with Crippen molar-refractivity contribution in [3.05, 3.63) is 118 Å². The van der Waals surface area contributed by atoms with Gasteiger partial charge in [0.1, 0.15) is 0 Å². The van der Waals surface area contributed by atoms with Gasteiger partial charge in [0.25, 0.3) is 0 Å². The van der Waals surface area contributed by atoms with Gasteiger partial charge >= 0.3 is 0 Å². The molecule has 0 aliphatic rings. The van der Waals surface area contributed by atoms with Gasteiger partial charge in [0.05, 0.1) is 0 Å². The first-order valence-electron chi connectivity index (χ1n) is 10.4. The molecule has 0 bridgehead atoms. The van der Waals surface area contributed by atoms with E-state index in [1.165, 1.54) is 0 Å². The lowest BCUT2D eigenvalue weighted by atomic mass is 9.95. The van der Waals surface area contributed by atoms with Crippen molar-refractivity contribution in [1.82, 2.24) is 0 Å². The Morgan fingerprint density at radius 2 is 0.781 bits per heavy atom. The van der Waals surface area contributed by atoms with Crippen LogP contribution in [0.2, 0.25) is 10.0 Å². The Hall–Kier alpha value is -3.39. The van der Waals surface area contributed by atoms with Crippen molar-refractivity contribution in [2.75, 3.05) is 0 Å². The summed E-state index contributed by atoms with van der Waals surface area (Å²) in [7, 11) is 0. The van der Waals surface area contributed by atoms with Gasteiger partial charge in [-0.2, -0.15) is 0 Å². The van der Waals surface area contributed by atoms with Gasteiger partial charge in [-0.1, -0.05) is 83.9 Å². The Morgan fingerprint density at radius 3 is 1.19 bits per heavy atom. The zero-order valence-electron chi connectivity index (χ0n) is 16.9. The van der Waals surface area contributed by atoms with Crippen LogP contribution >= 0.6 is 23.2 Å². The molecule has 6 aromatic rings. The third-order valence-corrected chi connectivity index (χ3v) is 6.59. The van der Waals surface area contributed by atoms with Gasteiger partial charge in [-0.05, 0) is 79.5 Å². The quantitative estimate of drug-likeness (QED) is 0.190. The number of halogens is 2. The molecule has 0 spiro atoms. The Labute approximate surface area is 194 Å². The second-order valence-corrected chi connectivity index (χ2v) is 8.94. The summed E-state index contributed by atoms with van der Waals surface area (Å²) >= 11 is 12.3. The topological polar surface area (TPSA) is 17.1 Å². The molecule has 6 rings (SSSR count). The van der Waals surface area contributed by atoms with Gasteiger partial charge < -0.3 is 0 Å². The number of hydrogen-bond donors (Lipinski definition) is 0. The molecule has 1 nitrogen and oxygen atoms in total. The molecule has 6 aromatic carbocycles. The van der Waals surface area contributed by atoms with Crippen molar-refractivity contribution in [2.24, 2.45) is 0 Å². The zero-order chi connectivity index (χ0) is 21.8. The zero-order valence-corrected chi connectivity index (χ0v) is 18.4. The van der Waals surface area contributed by atoms with E-state index in [0.717, 1.165) is 53.1 Å². The predicted molar refractivity (Wildman–Crippen MR) is 136 cm³/mol. The molecule has 0 radical (unpaired) electrons. The number of fused-ring (bicyclic) bond motifs is 6. The van der Waals surface area contributed by atoms with Gasteiger partial charge in [0.2, 0.25) is 0 Å². The van der Waals surface area contributed by atoms with Crippen LogP contribution in [-0.4, -0.2) is 5.78 Å². The first kappa shape index (κ1) is 19.3. The summed E-state index contributed by atoms with van der Waals surface area (Å²) in [5, 5.41) is 10.2. The summed E-state index contributed by atoms with van der Waals surface area (Å²) in [4.78, 5) is 13.3. The summed E-state index contributed by atoms with van der Waals surface area (Å²) in [5.41, 5.74) is 1.36. The maximum atomic E-state index is 13.3. The molecule has 0 N–H and O–H groups in total. The number of ketones is 1. The number of carbonyl (C=O) groups is 1. The predicted octanol–water partition coefficient (Wildman–Crippen LogP) is 8.84. The van der Waals surface area contributed by atoms with Crippen molar-refractivity contribution in [1.29, 1.82) is 0 Å². The standard InChI is InChI=1S/C29H16Cl2O/c30-23-7-11-27-19(15-23)3-1-17-13-21(5-9-25(17)27)29(32)22-6-10-26-18(14-22)2-4-20-16-24(31)8-12-28(20)26/h1-16H. The molecule has 0 aromatic heterocycles. The molecular formula is C29H16Cl2O. The molecule has 0 amide bonds. The van der Waals surface area contributed by atoms with Gasteiger partial charge in [0.15, 0.2) is 5.78 Å². The lowest BCUT2D eigenvalue weighted by Gasteiger charge is -2.09. The van der Waals surface area contributed by atoms with Crippen molar-refractivity contribution in [3.8, 4) is 0 Å². The fourth-order valence-electron chi connectivity index (χ4n) is 4.53. The molecular weight excluding hydrogens is 435 g/mol. The van der Waals surface area contributed by atoms with Crippen LogP contribution in [0.25, 0.3) is 43.1 Å². The van der Waals surface area contributed by atoms with E-state index in [0.29, 0.717) is 11.1 Å². The number of carbonyl (C=O) groups excluding carboxylic acids is 1. The van der Waals surface area contributed by atoms with Gasteiger partial charge in [-0.15, -0.1) is 0 Å². The molecule has 0 fully saturated rings. The normalized spacial score (nSPS) is 11.6. The smallest absolute Gasteiger partial charge is 0.193 e. The molecule has 0 saturated heterocycles. The van der Waals surface area contributed by atoms with Crippen LogP contribution in [0.15, 0.2) is 97.1 Å². The Balaban J connectivity index is 1.44. The van der Waals surface area contributed by atoms with Crippen molar-refractivity contribution < 1.29 is 4.79 Å². The van der Waals surface area contributed by atoms with E-state index in [-0.39, 0.29) is 5.78 Å². The first-order valence-corrected chi connectivity index (χ1v) is 11.1. The minimum Gasteiger partial charge on any atom is -0.289 e. The number of hydrogen-bond acceptors (Lipinski definition) is 1.